The quantitative estimate of drug-likeness (QED) is 0.766. The van der Waals surface area contributed by atoms with Gasteiger partial charge in [0.1, 0.15) is 11.5 Å². The van der Waals surface area contributed by atoms with Crippen LogP contribution in [-0.4, -0.2) is 20.4 Å². The van der Waals surface area contributed by atoms with E-state index in [0.29, 0.717) is 5.69 Å². The Morgan fingerprint density at radius 1 is 1.30 bits per heavy atom. The lowest BCUT2D eigenvalue weighted by Crippen LogP contribution is -2.28. The fraction of sp³-hybridized carbons (Fsp3) is 0.200. The van der Waals surface area contributed by atoms with Crippen LogP contribution >= 0.6 is 0 Å². The molecule has 0 radical (unpaired) electrons. The fourth-order valence-corrected chi connectivity index (χ4v) is 2.21. The summed E-state index contributed by atoms with van der Waals surface area (Å²) in [6.45, 7) is 1.92. The van der Waals surface area contributed by atoms with Gasteiger partial charge in [-0.3, -0.25) is 4.79 Å². The second-order valence-electron chi connectivity index (χ2n) is 4.84. The topological polar surface area (TPSA) is 62.7 Å². The van der Waals surface area contributed by atoms with Gasteiger partial charge in [0.15, 0.2) is 0 Å². The van der Waals surface area contributed by atoms with Gasteiger partial charge in [-0.1, -0.05) is 12.1 Å². The smallest absolute Gasteiger partial charge is 0.268 e. The van der Waals surface area contributed by atoms with E-state index in [1.807, 2.05) is 50.5 Å². The summed E-state index contributed by atoms with van der Waals surface area (Å²) < 4.78 is 1.79. The summed E-state index contributed by atoms with van der Waals surface area (Å²) in [6.07, 6.45) is 1.85. The molecule has 1 aromatic carbocycles. The molecule has 20 heavy (non-hydrogen) atoms. The van der Waals surface area contributed by atoms with Crippen molar-refractivity contribution < 1.29 is 4.79 Å². The number of aromatic nitrogens is 3. The Morgan fingerprint density at radius 3 is 2.80 bits per heavy atom. The molecule has 2 N–H and O–H groups in total. The second-order valence-corrected chi connectivity index (χ2v) is 4.84. The van der Waals surface area contributed by atoms with Crippen LogP contribution in [0, 0.1) is 0 Å². The van der Waals surface area contributed by atoms with Gasteiger partial charge in [-0.15, -0.1) is 0 Å². The van der Waals surface area contributed by atoms with Crippen LogP contribution in [0.5, 0.6) is 0 Å². The zero-order valence-corrected chi connectivity index (χ0v) is 11.4. The Bertz CT molecular complexity index is 723. The molecule has 5 heteroatoms. The predicted octanol–water partition coefficient (Wildman–Crippen LogP) is 2.39. The van der Waals surface area contributed by atoms with Crippen LogP contribution in [0.4, 0.5) is 0 Å². The monoisotopic (exact) mass is 268 g/mol. The molecule has 5 nitrogen and oxygen atoms in total. The van der Waals surface area contributed by atoms with Gasteiger partial charge in [-0.25, -0.2) is 4.98 Å². The molecule has 102 valence electrons. The highest BCUT2D eigenvalue weighted by molar-refractivity contribution is 5.93. The molecule has 0 fully saturated rings. The molecule has 0 bridgehead atoms. The van der Waals surface area contributed by atoms with Crippen LogP contribution in [0.2, 0.25) is 0 Å². The zero-order chi connectivity index (χ0) is 14.1. The number of hydrogen-bond donors (Lipinski definition) is 2. The minimum absolute atomic E-state index is 0.106. The third-order valence-electron chi connectivity index (χ3n) is 3.34. The summed E-state index contributed by atoms with van der Waals surface area (Å²) in [6, 6.07) is 11.3. The van der Waals surface area contributed by atoms with Crippen molar-refractivity contribution in [2.75, 3.05) is 0 Å². The molecule has 2 heterocycles. The maximum Gasteiger partial charge on any atom is 0.268 e. The average molecular weight is 268 g/mol. The van der Waals surface area contributed by atoms with E-state index in [1.54, 1.807) is 10.6 Å². The zero-order valence-electron chi connectivity index (χ0n) is 11.4. The van der Waals surface area contributed by atoms with E-state index < -0.39 is 0 Å². The minimum atomic E-state index is -0.176. The molecule has 0 saturated carbocycles. The Kier molecular flexibility index (Phi) is 3.02. The molecule has 1 amide bonds. The number of rotatable bonds is 3. The van der Waals surface area contributed by atoms with Crippen LogP contribution in [0.3, 0.4) is 0 Å². The first-order chi connectivity index (χ1) is 9.65. The molecule has 3 rings (SSSR count). The number of nitrogens with zero attached hydrogens (tertiary/aromatic N) is 2. The lowest BCUT2D eigenvalue weighted by molar-refractivity contribution is 0.0930. The molecule has 0 saturated heterocycles. The molecule has 0 aliphatic carbocycles. The number of imidazole rings is 1. The maximum absolute atomic E-state index is 12.2. The first-order valence-electron chi connectivity index (χ1n) is 6.52. The highest BCUT2D eigenvalue weighted by atomic mass is 16.2. The molecule has 0 spiro atoms. The van der Waals surface area contributed by atoms with Crippen molar-refractivity contribution in [3.8, 4) is 0 Å². The summed E-state index contributed by atoms with van der Waals surface area (Å²) >= 11 is 0. The second kappa shape index (κ2) is 4.85. The van der Waals surface area contributed by atoms with Crippen molar-refractivity contribution in [3.63, 3.8) is 0 Å². The van der Waals surface area contributed by atoms with Gasteiger partial charge in [0, 0.05) is 13.2 Å². The summed E-state index contributed by atoms with van der Waals surface area (Å²) in [7, 11) is 1.85. The number of amides is 1. The minimum Gasteiger partial charge on any atom is -0.347 e. The number of aromatic amines is 1. The van der Waals surface area contributed by atoms with Crippen LogP contribution < -0.4 is 5.32 Å². The van der Waals surface area contributed by atoms with Gasteiger partial charge in [0.25, 0.3) is 5.91 Å². The van der Waals surface area contributed by atoms with Gasteiger partial charge in [-0.05, 0) is 31.2 Å². The van der Waals surface area contributed by atoms with E-state index in [0.717, 1.165) is 16.9 Å². The van der Waals surface area contributed by atoms with Crippen molar-refractivity contribution in [2.45, 2.75) is 13.0 Å². The van der Waals surface area contributed by atoms with Crippen LogP contribution in [0.1, 0.15) is 29.3 Å². The van der Waals surface area contributed by atoms with Gasteiger partial charge < -0.3 is 14.9 Å². The Labute approximate surface area is 116 Å². The largest absolute Gasteiger partial charge is 0.347 e. The van der Waals surface area contributed by atoms with Gasteiger partial charge in [0.05, 0.1) is 17.1 Å². The highest BCUT2D eigenvalue weighted by Gasteiger charge is 2.16. The van der Waals surface area contributed by atoms with E-state index in [-0.39, 0.29) is 11.9 Å². The highest BCUT2D eigenvalue weighted by Crippen LogP contribution is 2.15. The normalized spacial score (nSPS) is 12.5. The maximum atomic E-state index is 12.2. The van der Waals surface area contributed by atoms with E-state index in [4.69, 9.17) is 0 Å². The van der Waals surface area contributed by atoms with E-state index in [2.05, 4.69) is 15.3 Å². The first kappa shape index (κ1) is 12.5. The third kappa shape index (κ3) is 2.18. The molecule has 0 unspecified atom stereocenters. The van der Waals surface area contributed by atoms with E-state index in [1.165, 1.54) is 0 Å². The van der Waals surface area contributed by atoms with Crippen molar-refractivity contribution in [2.24, 2.45) is 7.05 Å². The standard InChI is InChI=1S/C15H16N4O/c1-10(16-15(20)13-8-5-9-19(13)2)14-17-11-6-3-4-7-12(11)18-14/h3-10H,1-2H3,(H,16,20)(H,17,18)/t10-/m0/s1. The summed E-state index contributed by atoms with van der Waals surface area (Å²) in [5.41, 5.74) is 2.51. The Morgan fingerprint density at radius 2 is 2.10 bits per heavy atom. The number of benzene rings is 1. The SMILES string of the molecule is C[C@H](NC(=O)c1cccn1C)c1nc2ccccc2[nH]1. The lowest BCUT2D eigenvalue weighted by atomic mass is 10.3. The number of H-pyrrole nitrogens is 1. The van der Waals surface area contributed by atoms with Crippen molar-refractivity contribution >= 4 is 16.9 Å². The van der Waals surface area contributed by atoms with E-state index >= 15 is 0 Å². The molecule has 2 aromatic heterocycles. The number of carbonyl (C=O) groups is 1. The molecule has 3 aromatic rings. The molecular formula is C15H16N4O. The average Bonchev–Trinajstić information content (AvgIpc) is 3.04. The van der Waals surface area contributed by atoms with Crippen molar-refractivity contribution in [1.29, 1.82) is 0 Å². The molecule has 0 aliphatic rings. The summed E-state index contributed by atoms with van der Waals surface area (Å²) in [5, 5.41) is 2.95. The van der Waals surface area contributed by atoms with E-state index in [9.17, 15) is 4.79 Å². The Hall–Kier alpha value is -2.56. The van der Waals surface area contributed by atoms with Crippen LogP contribution in [0.25, 0.3) is 11.0 Å². The van der Waals surface area contributed by atoms with Crippen LogP contribution in [0.15, 0.2) is 42.6 Å². The lowest BCUT2D eigenvalue weighted by Gasteiger charge is -2.11. The number of fused-ring (bicyclic) bond motifs is 1. The van der Waals surface area contributed by atoms with Gasteiger partial charge >= 0.3 is 0 Å². The van der Waals surface area contributed by atoms with Crippen LogP contribution in [-0.2, 0) is 7.05 Å². The number of aryl methyl sites for hydroxylation is 1. The molecule has 1 atom stereocenters. The van der Waals surface area contributed by atoms with Crippen molar-refractivity contribution in [3.05, 3.63) is 54.1 Å². The molecular weight excluding hydrogens is 252 g/mol. The summed E-state index contributed by atoms with van der Waals surface area (Å²) in [4.78, 5) is 19.9. The first-order valence-corrected chi connectivity index (χ1v) is 6.52. The third-order valence-corrected chi connectivity index (χ3v) is 3.34. The van der Waals surface area contributed by atoms with Crippen molar-refractivity contribution in [1.82, 2.24) is 19.9 Å². The fourth-order valence-electron chi connectivity index (χ4n) is 2.21. The van der Waals surface area contributed by atoms with Gasteiger partial charge in [0.2, 0.25) is 0 Å². The number of carbonyl (C=O) groups excluding carboxylic acids is 1. The summed E-state index contributed by atoms with van der Waals surface area (Å²) in [5.74, 6) is 0.652. The number of hydrogen-bond acceptors (Lipinski definition) is 2. The van der Waals surface area contributed by atoms with Gasteiger partial charge in [-0.2, -0.15) is 0 Å². The Balaban J connectivity index is 1.80. The predicted molar refractivity (Wildman–Crippen MR) is 77.4 cm³/mol. The number of nitrogens with one attached hydrogen (secondary N) is 2. The molecule has 0 aliphatic heterocycles. The number of para-hydroxylation sites is 2.